The fourth-order valence-corrected chi connectivity index (χ4v) is 3.61. The van der Waals surface area contributed by atoms with Crippen LogP contribution in [-0.2, 0) is 16.6 Å². The van der Waals surface area contributed by atoms with Crippen molar-refractivity contribution in [2.75, 3.05) is 32.0 Å². The Hall–Kier alpha value is -2.54. The lowest BCUT2D eigenvalue weighted by Crippen LogP contribution is -2.39. The molecule has 0 aliphatic carbocycles. The van der Waals surface area contributed by atoms with Crippen molar-refractivity contribution in [1.29, 1.82) is 0 Å². The molecule has 1 aliphatic heterocycles. The number of aryl methyl sites for hydroxylation is 1. The number of nitrogen functional groups attached to an aromatic ring is 1. The first kappa shape index (κ1) is 21.2. The van der Waals surface area contributed by atoms with E-state index in [4.69, 9.17) is 15.2 Å². The van der Waals surface area contributed by atoms with Gasteiger partial charge in [-0.2, -0.15) is 5.10 Å². The van der Waals surface area contributed by atoms with Gasteiger partial charge in [-0.3, -0.25) is 14.4 Å². The second kappa shape index (κ2) is 10.3. The summed E-state index contributed by atoms with van der Waals surface area (Å²) in [4.78, 5) is 14.1. The molecule has 0 unspecified atom stereocenters. The molecule has 0 saturated carbocycles. The second-order valence-corrected chi connectivity index (χ2v) is 7.58. The van der Waals surface area contributed by atoms with E-state index >= 15 is 0 Å². The van der Waals surface area contributed by atoms with Crippen LogP contribution >= 0.6 is 0 Å². The van der Waals surface area contributed by atoms with Gasteiger partial charge in [-0.1, -0.05) is 13.3 Å². The zero-order valence-corrected chi connectivity index (χ0v) is 17.5. The highest BCUT2D eigenvalue weighted by molar-refractivity contribution is 5.71. The third-order valence-electron chi connectivity index (χ3n) is 5.33. The summed E-state index contributed by atoms with van der Waals surface area (Å²) >= 11 is 0. The van der Waals surface area contributed by atoms with Gasteiger partial charge in [0.25, 0.3) is 0 Å². The number of likely N-dealkylation sites (tertiary alicyclic amines) is 1. The average molecular weight is 401 g/mol. The Morgan fingerprint density at radius 2 is 2.07 bits per heavy atom. The number of hydrogen-bond donors (Lipinski definition) is 1. The highest BCUT2D eigenvalue weighted by Crippen LogP contribution is 2.31. The van der Waals surface area contributed by atoms with E-state index in [0.717, 1.165) is 62.3 Å². The minimum atomic E-state index is -0.0559. The number of anilines is 1. The molecule has 0 amide bonds. The van der Waals surface area contributed by atoms with Crippen LogP contribution in [0.15, 0.2) is 30.5 Å². The number of benzene rings is 1. The Morgan fingerprint density at radius 1 is 1.28 bits per heavy atom. The molecule has 3 rings (SSSR count). The number of carbonyl (C=O) groups excluding carboxylic acids is 1. The molecule has 1 aromatic heterocycles. The van der Waals surface area contributed by atoms with Crippen molar-refractivity contribution in [2.45, 2.75) is 45.1 Å². The van der Waals surface area contributed by atoms with Gasteiger partial charge in [0.05, 0.1) is 5.69 Å². The molecule has 2 heterocycles. The summed E-state index contributed by atoms with van der Waals surface area (Å²) < 4.78 is 13.5. The predicted molar refractivity (Wildman–Crippen MR) is 114 cm³/mol. The van der Waals surface area contributed by atoms with E-state index in [2.05, 4.69) is 16.9 Å². The summed E-state index contributed by atoms with van der Waals surface area (Å²) in [6, 6.07) is 7.65. The largest absolute Gasteiger partial charge is 0.492 e. The van der Waals surface area contributed by atoms with Crippen LogP contribution in [0.5, 0.6) is 5.75 Å². The maximum absolute atomic E-state index is 11.8. The van der Waals surface area contributed by atoms with Crippen LogP contribution in [0.4, 0.5) is 5.69 Å². The van der Waals surface area contributed by atoms with Gasteiger partial charge in [-0.25, -0.2) is 0 Å². The van der Waals surface area contributed by atoms with Crippen molar-refractivity contribution < 1.29 is 14.3 Å². The number of ether oxygens (including phenoxy) is 2. The molecule has 1 saturated heterocycles. The van der Waals surface area contributed by atoms with Gasteiger partial charge in [0, 0.05) is 50.6 Å². The number of nitrogens with zero attached hydrogens (tertiary/aromatic N) is 3. The molecule has 158 valence electrons. The van der Waals surface area contributed by atoms with E-state index in [1.807, 2.05) is 36.0 Å². The maximum atomic E-state index is 11.8. The first-order chi connectivity index (χ1) is 14.1. The van der Waals surface area contributed by atoms with Crippen molar-refractivity contribution in [3.8, 4) is 17.0 Å². The molecule has 1 aliphatic rings. The summed E-state index contributed by atoms with van der Waals surface area (Å²) in [5.74, 6) is 0.752. The Balaban J connectivity index is 1.46. The van der Waals surface area contributed by atoms with Crippen LogP contribution < -0.4 is 10.5 Å². The smallest absolute Gasteiger partial charge is 0.306 e. The SMILES string of the molecule is CCCCC(=O)OC1CCN(CCOc2ccc(N)cc2-c2ccnn2C)CC1. The van der Waals surface area contributed by atoms with Crippen molar-refractivity contribution in [2.24, 2.45) is 7.05 Å². The Morgan fingerprint density at radius 3 is 2.76 bits per heavy atom. The Bertz CT molecular complexity index is 797. The second-order valence-electron chi connectivity index (χ2n) is 7.58. The lowest BCUT2D eigenvalue weighted by atomic mass is 10.1. The average Bonchev–Trinajstić information content (AvgIpc) is 3.14. The number of carbonyl (C=O) groups is 1. The lowest BCUT2D eigenvalue weighted by Gasteiger charge is -2.31. The minimum Gasteiger partial charge on any atom is -0.492 e. The zero-order chi connectivity index (χ0) is 20.6. The summed E-state index contributed by atoms with van der Waals surface area (Å²) in [7, 11) is 1.90. The molecular formula is C22H32N4O3. The van der Waals surface area contributed by atoms with Gasteiger partial charge in [0.1, 0.15) is 18.5 Å². The highest BCUT2D eigenvalue weighted by atomic mass is 16.5. The quantitative estimate of drug-likeness (QED) is 0.514. The molecule has 7 heteroatoms. The molecule has 1 aromatic carbocycles. The number of nitrogens with two attached hydrogens (primary N) is 1. The van der Waals surface area contributed by atoms with Crippen LogP contribution in [0.1, 0.15) is 39.0 Å². The third-order valence-corrected chi connectivity index (χ3v) is 5.33. The summed E-state index contributed by atoms with van der Waals surface area (Å²) in [5, 5.41) is 4.24. The monoisotopic (exact) mass is 400 g/mol. The van der Waals surface area contributed by atoms with Gasteiger partial charge >= 0.3 is 5.97 Å². The number of unbranched alkanes of at least 4 members (excludes halogenated alkanes) is 1. The van der Waals surface area contributed by atoms with Gasteiger partial charge in [-0.05, 0) is 43.5 Å². The van der Waals surface area contributed by atoms with Crippen molar-refractivity contribution in [3.05, 3.63) is 30.5 Å². The Labute approximate surface area is 172 Å². The number of esters is 1. The van der Waals surface area contributed by atoms with Crippen molar-refractivity contribution >= 4 is 11.7 Å². The van der Waals surface area contributed by atoms with Gasteiger partial charge < -0.3 is 15.2 Å². The molecule has 2 N–H and O–H groups in total. The standard InChI is InChI=1S/C22H32N4O3/c1-3-4-5-22(27)29-18-9-12-26(13-10-18)14-15-28-21-7-6-17(23)16-19(21)20-8-11-24-25(20)2/h6-8,11,16,18H,3-5,9-10,12-15,23H2,1-2H3. The van der Waals surface area contributed by atoms with Crippen LogP contribution in [-0.4, -0.2) is 53.0 Å². The number of piperidine rings is 1. The predicted octanol–water partition coefficient (Wildman–Crippen LogP) is 3.25. The van der Waals surface area contributed by atoms with E-state index < -0.39 is 0 Å². The van der Waals surface area contributed by atoms with Crippen molar-refractivity contribution in [1.82, 2.24) is 14.7 Å². The van der Waals surface area contributed by atoms with Crippen LogP contribution in [0.25, 0.3) is 11.3 Å². The van der Waals surface area contributed by atoms with Gasteiger partial charge in [0.15, 0.2) is 0 Å². The maximum Gasteiger partial charge on any atom is 0.306 e. The summed E-state index contributed by atoms with van der Waals surface area (Å²) in [5.41, 5.74) is 8.59. The molecule has 1 fully saturated rings. The van der Waals surface area contributed by atoms with E-state index in [-0.39, 0.29) is 12.1 Å². The molecule has 0 bridgehead atoms. The molecule has 0 radical (unpaired) electrons. The third kappa shape index (κ3) is 5.97. The van der Waals surface area contributed by atoms with Crippen LogP contribution in [0.2, 0.25) is 0 Å². The fraction of sp³-hybridized carbons (Fsp3) is 0.545. The van der Waals surface area contributed by atoms with Gasteiger partial charge in [-0.15, -0.1) is 0 Å². The first-order valence-electron chi connectivity index (χ1n) is 10.5. The topological polar surface area (TPSA) is 82.6 Å². The Kier molecular flexibility index (Phi) is 7.52. The number of aromatic nitrogens is 2. The zero-order valence-electron chi connectivity index (χ0n) is 17.5. The minimum absolute atomic E-state index is 0.0559. The fourth-order valence-electron chi connectivity index (χ4n) is 3.61. The van der Waals surface area contributed by atoms with Crippen LogP contribution in [0, 0.1) is 0 Å². The van der Waals surface area contributed by atoms with E-state index in [1.165, 1.54) is 0 Å². The molecule has 0 atom stereocenters. The normalized spacial score (nSPS) is 15.4. The molecule has 7 nitrogen and oxygen atoms in total. The summed E-state index contributed by atoms with van der Waals surface area (Å²) in [6.45, 7) is 5.36. The lowest BCUT2D eigenvalue weighted by molar-refractivity contribution is -0.151. The van der Waals surface area contributed by atoms with Crippen molar-refractivity contribution in [3.63, 3.8) is 0 Å². The number of hydrogen-bond acceptors (Lipinski definition) is 6. The van der Waals surface area contributed by atoms with E-state index in [0.29, 0.717) is 18.7 Å². The van der Waals surface area contributed by atoms with E-state index in [9.17, 15) is 4.79 Å². The van der Waals surface area contributed by atoms with Crippen LogP contribution in [0.3, 0.4) is 0 Å². The summed E-state index contributed by atoms with van der Waals surface area (Å²) in [6.07, 6.45) is 6.06. The molecular weight excluding hydrogens is 368 g/mol. The molecule has 0 spiro atoms. The molecule has 29 heavy (non-hydrogen) atoms. The molecule has 2 aromatic rings. The first-order valence-corrected chi connectivity index (χ1v) is 10.5. The highest BCUT2D eigenvalue weighted by Gasteiger charge is 2.22. The number of rotatable bonds is 9. The van der Waals surface area contributed by atoms with Gasteiger partial charge in [0.2, 0.25) is 0 Å². The van der Waals surface area contributed by atoms with E-state index in [1.54, 1.807) is 6.20 Å².